The van der Waals surface area contributed by atoms with Crippen molar-refractivity contribution in [3.63, 3.8) is 0 Å². The van der Waals surface area contributed by atoms with Crippen LogP contribution in [0.4, 0.5) is 5.69 Å². The lowest BCUT2D eigenvalue weighted by molar-refractivity contribution is -0.136. The summed E-state index contributed by atoms with van der Waals surface area (Å²) in [6.07, 6.45) is 5.10. The van der Waals surface area contributed by atoms with Crippen LogP contribution in [-0.4, -0.2) is 22.9 Å². The van der Waals surface area contributed by atoms with E-state index in [0.717, 1.165) is 31.2 Å². The van der Waals surface area contributed by atoms with Crippen LogP contribution in [0.3, 0.4) is 0 Å². The molecule has 1 aliphatic carbocycles. The van der Waals surface area contributed by atoms with E-state index in [2.05, 4.69) is 10.6 Å². The highest BCUT2D eigenvalue weighted by Crippen LogP contribution is 2.26. The van der Waals surface area contributed by atoms with E-state index < -0.39 is 5.97 Å². The number of rotatable bonds is 7. The minimum absolute atomic E-state index is 0.0472. The Kier molecular flexibility index (Phi) is 6.13. The van der Waals surface area contributed by atoms with Gasteiger partial charge in [-0.2, -0.15) is 0 Å². The predicted octanol–water partition coefficient (Wildman–Crippen LogP) is 3.27. The average molecular weight is 384 g/mol. The number of benzene rings is 1. The fraction of sp³-hybridized carbons (Fsp3) is 0.381. The Morgan fingerprint density at radius 1 is 1.21 bits per heavy atom. The second kappa shape index (κ2) is 8.73. The maximum absolute atomic E-state index is 12.5. The van der Waals surface area contributed by atoms with Crippen LogP contribution in [0.2, 0.25) is 0 Å². The number of aryl methyl sites for hydroxylation is 1. The third-order valence-electron chi connectivity index (χ3n) is 4.96. The van der Waals surface area contributed by atoms with Gasteiger partial charge in [0, 0.05) is 23.7 Å². The van der Waals surface area contributed by atoms with Gasteiger partial charge in [0.25, 0.3) is 5.91 Å². The van der Waals surface area contributed by atoms with Crippen molar-refractivity contribution in [2.75, 3.05) is 5.32 Å². The molecule has 2 amide bonds. The molecule has 1 saturated carbocycles. The Bertz CT molecular complexity index is 881. The number of nitrogens with one attached hydrogen (secondary N) is 2. The van der Waals surface area contributed by atoms with Crippen LogP contribution in [0, 0.1) is 12.8 Å². The number of carbonyl (C=O) groups excluding carboxylic acids is 2. The molecule has 28 heavy (non-hydrogen) atoms. The predicted molar refractivity (Wildman–Crippen MR) is 103 cm³/mol. The number of aliphatic carboxylic acids is 1. The molecule has 0 unspecified atom stereocenters. The third-order valence-corrected chi connectivity index (χ3v) is 4.96. The SMILES string of the molecule is Cc1coc(CC(=O)O)c1C(=O)NCc1cccc(NC(=O)C2CCCC2)c1. The first-order valence-electron chi connectivity index (χ1n) is 9.41. The van der Waals surface area contributed by atoms with Crippen molar-refractivity contribution in [1.29, 1.82) is 0 Å². The minimum Gasteiger partial charge on any atom is -0.481 e. The van der Waals surface area contributed by atoms with Crippen molar-refractivity contribution in [3.8, 4) is 0 Å². The van der Waals surface area contributed by atoms with E-state index in [1.54, 1.807) is 6.92 Å². The lowest BCUT2D eigenvalue weighted by Gasteiger charge is -2.12. The summed E-state index contributed by atoms with van der Waals surface area (Å²) >= 11 is 0. The lowest BCUT2D eigenvalue weighted by atomic mass is 10.1. The standard InChI is InChI=1S/C21H24N2O5/c1-13-12-28-17(10-18(24)25)19(13)21(27)22-11-14-5-4-8-16(9-14)23-20(26)15-6-2-3-7-15/h4-5,8-9,12,15H,2-3,6-7,10-11H2,1H3,(H,22,27)(H,23,26)(H,24,25). The van der Waals surface area contributed by atoms with Gasteiger partial charge in [-0.15, -0.1) is 0 Å². The van der Waals surface area contributed by atoms with Crippen LogP contribution >= 0.6 is 0 Å². The summed E-state index contributed by atoms with van der Waals surface area (Å²) in [5.74, 6) is -1.18. The topological polar surface area (TPSA) is 109 Å². The molecule has 3 N–H and O–H groups in total. The summed E-state index contributed by atoms with van der Waals surface area (Å²) in [5.41, 5.74) is 2.38. The fourth-order valence-corrected chi connectivity index (χ4v) is 3.53. The molecule has 0 spiro atoms. The van der Waals surface area contributed by atoms with Crippen LogP contribution in [0.25, 0.3) is 0 Å². The fourth-order valence-electron chi connectivity index (χ4n) is 3.53. The summed E-state index contributed by atoms with van der Waals surface area (Å²) in [7, 11) is 0. The molecular weight excluding hydrogens is 360 g/mol. The number of carbonyl (C=O) groups is 3. The van der Waals surface area contributed by atoms with E-state index >= 15 is 0 Å². The minimum atomic E-state index is -1.06. The number of carboxylic acid groups (broad SMARTS) is 1. The first kappa shape index (κ1) is 19.7. The molecule has 1 fully saturated rings. The summed E-state index contributed by atoms with van der Waals surface area (Å²) in [6, 6.07) is 7.33. The number of amides is 2. The van der Waals surface area contributed by atoms with Crippen molar-refractivity contribution in [2.45, 2.75) is 45.6 Å². The average Bonchev–Trinajstić information content (AvgIpc) is 3.30. The van der Waals surface area contributed by atoms with Crippen molar-refractivity contribution >= 4 is 23.5 Å². The second-order valence-electron chi connectivity index (χ2n) is 7.14. The molecule has 7 nitrogen and oxygen atoms in total. The van der Waals surface area contributed by atoms with Gasteiger partial charge >= 0.3 is 5.97 Å². The van der Waals surface area contributed by atoms with Crippen LogP contribution in [0.5, 0.6) is 0 Å². The molecule has 0 atom stereocenters. The first-order valence-corrected chi connectivity index (χ1v) is 9.41. The smallest absolute Gasteiger partial charge is 0.311 e. The molecule has 7 heteroatoms. The zero-order valence-electron chi connectivity index (χ0n) is 15.8. The number of hydrogen-bond acceptors (Lipinski definition) is 4. The van der Waals surface area contributed by atoms with Crippen LogP contribution < -0.4 is 10.6 Å². The maximum Gasteiger partial charge on any atom is 0.311 e. The van der Waals surface area contributed by atoms with E-state index in [4.69, 9.17) is 9.52 Å². The monoisotopic (exact) mass is 384 g/mol. The summed E-state index contributed by atoms with van der Waals surface area (Å²) in [6.45, 7) is 1.95. The summed E-state index contributed by atoms with van der Waals surface area (Å²) in [4.78, 5) is 35.7. The van der Waals surface area contributed by atoms with Gasteiger partial charge in [0.05, 0.1) is 11.8 Å². The van der Waals surface area contributed by atoms with E-state index in [0.29, 0.717) is 11.3 Å². The third kappa shape index (κ3) is 4.79. The Balaban J connectivity index is 1.62. The van der Waals surface area contributed by atoms with Crippen molar-refractivity contribution in [1.82, 2.24) is 5.32 Å². The van der Waals surface area contributed by atoms with Gasteiger partial charge in [-0.1, -0.05) is 25.0 Å². The molecule has 1 aromatic carbocycles. The van der Waals surface area contributed by atoms with Crippen LogP contribution in [-0.2, 0) is 22.6 Å². The van der Waals surface area contributed by atoms with Crippen molar-refractivity contribution in [3.05, 3.63) is 53.0 Å². The maximum atomic E-state index is 12.5. The molecular formula is C21H24N2O5. The van der Waals surface area contributed by atoms with Gasteiger partial charge < -0.3 is 20.2 Å². The Morgan fingerprint density at radius 2 is 1.96 bits per heavy atom. The van der Waals surface area contributed by atoms with Gasteiger partial charge in [-0.25, -0.2) is 0 Å². The van der Waals surface area contributed by atoms with E-state index in [1.165, 1.54) is 6.26 Å². The Labute approximate surface area is 163 Å². The molecule has 1 heterocycles. The molecule has 0 aliphatic heterocycles. The number of carboxylic acids is 1. The van der Waals surface area contributed by atoms with E-state index in [1.807, 2.05) is 24.3 Å². The number of furan rings is 1. The second-order valence-corrected chi connectivity index (χ2v) is 7.14. The molecule has 0 saturated heterocycles. The van der Waals surface area contributed by atoms with Crippen LogP contribution in [0.15, 0.2) is 34.9 Å². The zero-order valence-corrected chi connectivity index (χ0v) is 15.8. The molecule has 1 aliphatic rings. The Morgan fingerprint density at radius 3 is 2.68 bits per heavy atom. The molecule has 2 aromatic rings. The lowest BCUT2D eigenvalue weighted by Crippen LogP contribution is -2.25. The number of anilines is 1. The highest BCUT2D eigenvalue weighted by Gasteiger charge is 2.23. The largest absolute Gasteiger partial charge is 0.481 e. The van der Waals surface area contributed by atoms with E-state index in [-0.39, 0.29) is 42.0 Å². The zero-order chi connectivity index (χ0) is 20.1. The van der Waals surface area contributed by atoms with Gasteiger partial charge in [-0.05, 0) is 37.5 Å². The van der Waals surface area contributed by atoms with Gasteiger partial charge in [0.15, 0.2) is 0 Å². The highest BCUT2D eigenvalue weighted by molar-refractivity contribution is 5.97. The molecule has 0 bridgehead atoms. The van der Waals surface area contributed by atoms with Crippen molar-refractivity contribution in [2.24, 2.45) is 5.92 Å². The van der Waals surface area contributed by atoms with Gasteiger partial charge in [-0.3, -0.25) is 14.4 Å². The van der Waals surface area contributed by atoms with Gasteiger partial charge in [0.2, 0.25) is 5.91 Å². The quantitative estimate of drug-likeness (QED) is 0.679. The van der Waals surface area contributed by atoms with Gasteiger partial charge in [0.1, 0.15) is 12.2 Å². The normalized spacial score (nSPS) is 14.0. The van der Waals surface area contributed by atoms with E-state index in [9.17, 15) is 14.4 Å². The molecule has 0 radical (unpaired) electrons. The first-order chi connectivity index (χ1) is 13.4. The molecule has 1 aromatic heterocycles. The molecule has 3 rings (SSSR count). The van der Waals surface area contributed by atoms with Crippen molar-refractivity contribution < 1.29 is 23.9 Å². The molecule has 148 valence electrons. The number of hydrogen-bond donors (Lipinski definition) is 3. The highest BCUT2D eigenvalue weighted by atomic mass is 16.4. The van der Waals surface area contributed by atoms with Crippen LogP contribution in [0.1, 0.15) is 52.9 Å². The summed E-state index contributed by atoms with van der Waals surface area (Å²) in [5, 5.41) is 14.7. The Hall–Kier alpha value is -3.09. The summed E-state index contributed by atoms with van der Waals surface area (Å²) < 4.78 is 5.20.